The maximum Gasteiger partial charge on any atom is 0.298 e. The van der Waals surface area contributed by atoms with E-state index in [1.807, 2.05) is 0 Å². The van der Waals surface area contributed by atoms with Gasteiger partial charge in [-0.05, 0) is 24.3 Å². The second-order valence-corrected chi connectivity index (χ2v) is 7.85. The molecule has 0 saturated carbocycles. The normalized spacial score (nSPS) is 11.7. The van der Waals surface area contributed by atoms with Crippen LogP contribution in [-0.4, -0.2) is 15.5 Å². The molecule has 0 radical (unpaired) electrons. The van der Waals surface area contributed by atoms with E-state index in [1.54, 1.807) is 0 Å². The number of halogens is 5. The summed E-state index contributed by atoms with van der Waals surface area (Å²) in [7, 11) is -2.94. The average molecular weight is 421 g/mol. The summed E-state index contributed by atoms with van der Waals surface area (Å²) < 4.78 is 27.9. The SMILES string of the molecule is COS(=O)(=O)c1cc(Cl)c(-c2cc(Cl)c(Cl)cc2Cl)cc1Cl. The number of hydrogen-bond donors (Lipinski definition) is 0. The molecule has 2 aromatic rings. The summed E-state index contributed by atoms with van der Waals surface area (Å²) in [6, 6.07) is 5.55. The van der Waals surface area contributed by atoms with Crippen LogP contribution >= 0.6 is 58.0 Å². The topological polar surface area (TPSA) is 43.4 Å². The van der Waals surface area contributed by atoms with Crippen molar-refractivity contribution in [3.05, 3.63) is 49.4 Å². The van der Waals surface area contributed by atoms with Gasteiger partial charge in [0.1, 0.15) is 4.90 Å². The lowest BCUT2D eigenvalue weighted by Crippen LogP contribution is -2.04. The van der Waals surface area contributed by atoms with Gasteiger partial charge in [0.15, 0.2) is 0 Å². The van der Waals surface area contributed by atoms with Crippen LogP contribution in [0.4, 0.5) is 0 Å². The van der Waals surface area contributed by atoms with E-state index in [0.29, 0.717) is 16.1 Å². The quantitative estimate of drug-likeness (QED) is 0.455. The van der Waals surface area contributed by atoms with E-state index in [4.69, 9.17) is 58.0 Å². The van der Waals surface area contributed by atoms with Crippen molar-refractivity contribution >= 4 is 68.1 Å². The van der Waals surface area contributed by atoms with Gasteiger partial charge in [-0.15, -0.1) is 0 Å². The molecule has 0 aromatic heterocycles. The van der Waals surface area contributed by atoms with Crippen LogP contribution in [0.1, 0.15) is 0 Å². The molecule has 3 nitrogen and oxygen atoms in total. The zero-order chi connectivity index (χ0) is 16.7. The van der Waals surface area contributed by atoms with Crippen LogP contribution in [0.25, 0.3) is 11.1 Å². The first kappa shape index (κ1) is 18.1. The van der Waals surface area contributed by atoms with Gasteiger partial charge in [0.05, 0.1) is 27.2 Å². The first-order chi connectivity index (χ1) is 10.2. The van der Waals surface area contributed by atoms with Gasteiger partial charge in [0, 0.05) is 16.1 Å². The molecule has 0 aliphatic carbocycles. The molecule has 2 rings (SSSR count). The molecule has 0 saturated heterocycles. The monoisotopic (exact) mass is 418 g/mol. The molecule has 22 heavy (non-hydrogen) atoms. The zero-order valence-electron chi connectivity index (χ0n) is 10.8. The largest absolute Gasteiger partial charge is 0.298 e. The number of rotatable bonds is 3. The molecule has 0 fully saturated rings. The van der Waals surface area contributed by atoms with Gasteiger partial charge in [0.2, 0.25) is 0 Å². The summed E-state index contributed by atoms with van der Waals surface area (Å²) in [5.74, 6) is 0. The lowest BCUT2D eigenvalue weighted by atomic mass is 10.1. The van der Waals surface area contributed by atoms with Crippen LogP contribution in [-0.2, 0) is 14.3 Å². The summed E-state index contributed by atoms with van der Waals surface area (Å²) in [5.41, 5.74) is 0.898. The minimum atomic E-state index is -3.97. The summed E-state index contributed by atoms with van der Waals surface area (Å²) in [5, 5.41) is 0.941. The van der Waals surface area contributed by atoms with E-state index < -0.39 is 10.1 Å². The predicted octanol–water partition coefficient (Wildman–Crippen LogP) is 5.96. The van der Waals surface area contributed by atoms with Gasteiger partial charge in [-0.2, -0.15) is 8.42 Å². The summed E-state index contributed by atoms with van der Waals surface area (Å²) in [6.07, 6.45) is 0. The van der Waals surface area contributed by atoms with E-state index in [9.17, 15) is 8.42 Å². The standard InChI is InChI=1S/C13H7Cl5O3S/c1-21-22(19,20)13-5-9(15)7(3-12(13)18)6-2-10(16)11(17)4-8(6)14/h2-5H,1H3. The third-order valence-electron chi connectivity index (χ3n) is 2.81. The van der Waals surface area contributed by atoms with Gasteiger partial charge in [-0.3, -0.25) is 4.18 Å². The molecule has 9 heteroatoms. The average Bonchev–Trinajstić information content (AvgIpc) is 2.45. The van der Waals surface area contributed by atoms with E-state index in [-0.39, 0.29) is 25.0 Å². The number of benzene rings is 2. The summed E-state index contributed by atoms with van der Waals surface area (Å²) >= 11 is 30.1. The van der Waals surface area contributed by atoms with Crippen molar-refractivity contribution in [2.24, 2.45) is 0 Å². The van der Waals surface area contributed by atoms with Gasteiger partial charge < -0.3 is 0 Å². The highest BCUT2D eigenvalue weighted by atomic mass is 35.5. The molecule has 118 valence electrons. The lowest BCUT2D eigenvalue weighted by Gasteiger charge is -2.12. The Bertz CT molecular complexity index is 849. The molecular formula is C13H7Cl5O3S. The van der Waals surface area contributed by atoms with E-state index in [0.717, 1.165) is 7.11 Å². The molecule has 0 heterocycles. The summed E-state index contributed by atoms with van der Waals surface area (Å²) in [4.78, 5) is -0.235. The highest BCUT2D eigenvalue weighted by Gasteiger charge is 2.21. The van der Waals surface area contributed by atoms with E-state index in [1.165, 1.54) is 24.3 Å². The summed E-state index contributed by atoms with van der Waals surface area (Å²) in [6.45, 7) is 0. The van der Waals surface area contributed by atoms with Crippen molar-refractivity contribution in [2.75, 3.05) is 7.11 Å². The zero-order valence-corrected chi connectivity index (χ0v) is 15.4. The Morgan fingerprint density at radius 2 is 1.18 bits per heavy atom. The Balaban J connectivity index is 2.70. The minimum Gasteiger partial charge on any atom is -0.270 e. The van der Waals surface area contributed by atoms with E-state index >= 15 is 0 Å². The van der Waals surface area contributed by atoms with Crippen molar-refractivity contribution in [2.45, 2.75) is 4.90 Å². The van der Waals surface area contributed by atoms with Crippen molar-refractivity contribution in [3.8, 4) is 11.1 Å². The predicted molar refractivity (Wildman–Crippen MR) is 91.1 cm³/mol. The smallest absolute Gasteiger partial charge is 0.270 e. The van der Waals surface area contributed by atoms with Crippen LogP contribution < -0.4 is 0 Å². The maximum absolute atomic E-state index is 11.8. The van der Waals surface area contributed by atoms with Gasteiger partial charge in [-0.25, -0.2) is 0 Å². The highest BCUT2D eigenvalue weighted by Crippen LogP contribution is 2.41. The molecule has 0 aliphatic heterocycles. The van der Waals surface area contributed by atoms with Crippen LogP contribution in [0.15, 0.2) is 29.2 Å². The van der Waals surface area contributed by atoms with Crippen LogP contribution in [0.3, 0.4) is 0 Å². The molecule has 0 atom stereocenters. The Hall–Kier alpha value is -0.200. The van der Waals surface area contributed by atoms with Crippen molar-refractivity contribution in [1.82, 2.24) is 0 Å². The third-order valence-corrected chi connectivity index (χ3v) is 5.90. The molecule has 0 N–H and O–H groups in total. The van der Waals surface area contributed by atoms with E-state index in [2.05, 4.69) is 4.18 Å². The second-order valence-electron chi connectivity index (χ2n) is 4.13. The molecule has 2 aromatic carbocycles. The van der Waals surface area contributed by atoms with Crippen LogP contribution in [0, 0.1) is 0 Å². The fraction of sp³-hybridized carbons (Fsp3) is 0.0769. The molecule has 0 spiro atoms. The molecule has 0 unspecified atom stereocenters. The molecular weight excluding hydrogens is 413 g/mol. The Kier molecular flexibility index (Phi) is 5.55. The lowest BCUT2D eigenvalue weighted by molar-refractivity contribution is 0.398. The highest BCUT2D eigenvalue weighted by molar-refractivity contribution is 7.86. The number of hydrogen-bond acceptors (Lipinski definition) is 3. The minimum absolute atomic E-state index is 0.0524. The van der Waals surface area contributed by atoms with Crippen molar-refractivity contribution in [3.63, 3.8) is 0 Å². The fourth-order valence-corrected chi connectivity index (χ4v) is 3.91. The van der Waals surface area contributed by atoms with Crippen molar-refractivity contribution in [1.29, 1.82) is 0 Å². The maximum atomic E-state index is 11.8. The van der Waals surface area contributed by atoms with Gasteiger partial charge >= 0.3 is 0 Å². The fourth-order valence-electron chi connectivity index (χ4n) is 1.75. The Morgan fingerprint density at radius 3 is 1.73 bits per heavy atom. The molecule has 0 bridgehead atoms. The molecule has 0 aliphatic rings. The Labute approximate surface area is 152 Å². The third kappa shape index (κ3) is 3.49. The first-order valence-electron chi connectivity index (χ1n) is 5.62. The van der Waals surface area contributed by atoms with Gasteiger partial charge in [-0.1, -0.05) is 58.0 Å². The van der Waals surface area contributed by atoms with Crippen LogP contribution in [0.5, 0.6) is 0 Å². The van der Waals surface area contributed by atoms with Crippen LogP contribution in [0.2, 0.25) is 25.1 Å². The first-order valence-corrected chi connectivity index (χ1v) is 8.91. The van der Waals surface area contributed by atoms with Gasteiger partial charge in [0.25, 0.3) is 10.1 Å². The second kappa shape index (κ2) is 6.73. The van der Waals surface area contributed by atoms with Crippen molar-refractivity contribution < 1.29 is 12.6 Å². The Morgan fingerprint density at radius 1 is 0.727 bits per heavy atom. The molecule has 0 amide bonds.